The van der Waals surface area contributed by atoms with Gasteiger partial charge in [0.1, 0.15) is 0 Å². The van der Waals surface area contributed by atoms with E-state index >= 15 is 0 Å². The molecule has 0 spiro atoms. The van der Waals surface area contributed by atoms with Gasteiger partial charge in [-0.25, -0.2) is 0 Å². The molecule has 13 heteroatoms. The van der Waals surface area contributed by atoms with Crippen LogP contribution in [-0.2, 0) is 29.7 Å². The monoisotopic (exact) mass is 504 g/mol. The quantitative estimate of drug-likeness (QED) is 0.328. The smallest absolute Gasteiger partial charge is 0.439 e. The summed E-state index contributed by atoms with van der Waals surface area (Å²) in [5, 5.41) is 0. The van der Waals surface area contributed by atoms with Crippen LogP contribution in [0.15, 0.2) is 0 Å². The first-order valence-corrected chi connectivity index (χ1v) is 26.0. The molecule has 0 amide bonds. The Morgan fingerprint density at radius 1 is 0.607 bits per heavy atom. The lowest BCUT2D eigenvalue weighted by Gasteiger charge is -2.41. The Morgan fingerprint density at radius 3 is 1.43 bits per heavy atom. The molecule has 2 unspecified atom stereocenters. The maximum Gasteiger partial charge on any atom is 0.500 e. The standard InChI is InChI=1S/C15H44O7Si6/c1-16-28(17-2,18-3)15-14-27(13,21-25(8,9)10)22-26(11,12)20-23(4)19-24(5,6)7/h23H,14-15H2,1-13H3. The summed E-state index contributed by atoms with van der Waals surface area (Å²) in [6, 6.07) is 1.40. The van der Waals surface area contributed by atoms with Crippen molar-refractivity contribution in [2.45, 2.75) is 77.6 Å². The van der Waals surface area contributed by atoms with E-state index in [1.54, 1.807) is 21.3 Å². The molecule has 0 heterocycles. The van der Waals surface area contributed by atoms with Crippen molar-refractivity contribution in [1.82, 2.24) is 0 Å². The first-order valence-electron chi connectivity index (χ1n) is 9.82. The lowest BCUT2D eigenvalue weighted by molar-refractivity contribution is 0.124. The Labute approximate surface area is 180 Å². The second kappa shape index (κ2) is 11.1. The molecule has 170 valence electrons. The highest BCUT2D eigenvalue weighted by atomic mass is 28.5. The van der Waals surface area contributed by atoms with Crippen molar-refractivity contribution in [1.29, 1.82) is 0 Å². The van der Waals surface area contributed by atoms with Gasteiger partial charge in [0.05, 0.1) is 0 Å². The van der Waals surface area contributed by atoms with Crippen LogP contribution in [0.2, 0.25) is 77.6 Å². The van der Waals surface area contributed by atoms with Gasteiger partial charge < -0.3 is 29.7 Å². The van der Waals surface area contributed by atoms with Gasteiger partial charge in [-0.2, -0.15) is 0 Å². The lowest BCUT2D eigenvalue weighted by atomic mass is 10.9. The average Bonchev–Trinajstić information content (AvgIpc) is 2.43. The molecule has 2 atom stereocenters. The summed E-state index contributed by atoms with van der Waals surface area (Å²) in [7, 11) is -7.91. The van der Waals surface area contributed by atoms with Crippen LogP contribution in [0.25, 0.3) is 0 Å². The van der Waals surface area contributed by atoms with Gasteiger partial charge in [0.2, 0.25) is 0 Å². The normalized spacial score (nSPS) is 17.5. The summed E-state index contributed by atoms with van der Waals surface area (Å²) in [6.45, 7) is 21.5. The molecule has 0 saturated carbocycles. The maximum atomic E-state index is 6.71. The zero-order valence-corrected chi connectivity index (χ0v) is 26.5. The summed E-state index contributed by atoms with van der Waals surface area (Å²) in [4.78, 5) is 0. The van der Waals surface area contributed by atoms with Crippen molar-refractivity contribution in [2.24, 2.45) is 0 Å². The fraction of sp³-hybridized carbons (Fsp3) is 1.00. The average molecular weight is 505 g/mol. The Kier molecular flexibility index (Phi) is 11.5. The highest BCUT2D eigenvalue weighted by Crippen LogP contribution is 2.30. The molecule has 0 bridgehead atoms. The van der Waals surface area contributed by atoms with Crippen molar-refractivity contribution >= 4 is 51.8 Å². The fourth-order valence-electron chi connectivity index (χ4n) is 3.17. The van der Waals surface area contributed by atoms with Gasteiger partial charge in [0.15, 0.2) is 16.6 Å². The Hall–Kier alpha value is 1.02. The van der Waals surface area contributed by atoms with Crippen molar-refractivity contribution in [3.63, 3.8) is 0 Å². The molecule has 0 aromatic heterocycles. The summed E-state index contributed by atoms with van der Waals surface area (Å²) in [5.74, 6) is 0. The minimum atomic E-state index is -2.69. The minimum Gasteiger partial charge on any atom is -0.439 e. The second-order valence-electron chi connectivity index (χ2n) is 9.56. The van der Waals surface area contributed by atoms with E-state index in [-0.39, 0.29) is 0 Å². The second-order valence-corrected chi connectivity index (χ2v) is 31.3. The van der Waals surface area contributed by atoms with Gasteiger partial charge in [0.25, 0.3) is 9.28 Å². The molecule has 0 aliphatic rings. The third-order valence-electron chi connectivity index (χ3n) is 3.77. The first kappa shape index (κ1) is 29.0. The SMILES string of the molecule is CO[Si](CC[Si](C)(O[Si](C)(C)C)O[Si](C)(C)O[SiH](C)O[Si](C)(C)C)(OC)OC. The number of hydrogen-bond donors (Lipinski definition) is 0. The highest BCUT2D eigenvalue weighted by molar-refractivity contribution is 6.88. The van der Waals surface area contributed by atoms with Crippen LogP contribution in [-0.4, -0.2) is 73.2 Å². The van der Waals surface area contributed by atoms with E-state index in [4.69, 9.17) is 29.7 Å². The molecule has 0 aromatic rings. The molecule has 0 rings (SSSR count). The Morgan fingerprint density at radius 2 is 1.07 bits per heavy atom. The molecule has 0 aromatic carbocycles. The van der Waals surface area contributed by atoms with Crippen LogP contribution >= 0.6 is 0 Å². The van der Waals surface area contributed by atoms with Crippen LogP contribution in [0.5, 0.6) is 0 Å². The zero-order valence-electron chi connectivity index (χ0n) is 20.3. The summed E-state index contributed by atoms with van der Waals surface area (Å²) in [5.41, 5.74) is 0. The Balaban J connectivity index is 5.37. The van der Waals surface area contributed by atoms with Crippen LogP contribution in [0, 0.1) is 0 Å². The van der Waals surface area contributed by atoms with Crippen molar-refractivity contribution in [2.75, 3.05) is 21.3 Å². The van der Waals surface area contributed by atoms with Crippen molar-refractivity contribution < 1.29 is 29.7 Å². The van der Waals surface area contributed by atoms with Gasteiger partial charge in [-0.1, -0.05) is 0 Å². The van der Waals surface area contributed by atoms with Crippen LogP contribution < -0.4 is 0 Å². The van der Waals surface area contributed by atoms with E-state index in [2.05, 4.69) is 65.5 Å². The summed E-state index contributed by atoms with van der Waals surface area (Å²) in [6.07, 6.45) is 0. The van der Waals surface area contributed by atoms with Gasteiger partial charge in [-0.15, -0.1) is 0 Å². The molecule has 0 N–H and O–H groups in total. The first-order chi connectivity index (χ1) is 12.4. The van der Waals surface area contributed by atoms with Gasteiger partial charge in [-0.3, -0.25) is 0 Å². The molecule has 0 fully saturated rings. The maximum absolute atomic E-state index is 6.71. The highest BCUT2D eigenvalue weighted by Gasteiger charge is 2.48. The zero-order chi connectivity index (χ0) is 22.4. The number of rotatable bonds is 14. The minimum absolute atomic E-state index is 0.659. The molecular formula is C15H44O7Si6. The van der Waals surface area contributed by atoms with Crippen LogP contribution in [0.3, 0.4) is 0 Å². The van der Waals surface area contributed by atoms with E-state index in [1.807, 2.05) is 0 Å². The van der Waals surface area contributed by atoms with E-state index in [9.17, 15) is 0 Å². The topological polar surface area (TPSA) is 64.6 Å². The van der Waals surface area contributed by atoms with E-state index in [0.717, 1.165) is 6.04 Å². The van der Waals surface area contributed by atoms with Crippen molar-refractivity contribution in [3.05, 3.63) is 0 Å². The molecule has 7 nitrogen and oxygen atoms in total. The van der Waals surface area contributed by atoms with E-state index < -0.39 is 51.8 Å². The third kappa shape index (κ3) is 12.0. The lowest BCUT2D eigenvalue weighted by Crippen LogP contribution is -2.57. The molecular weight excluding hydrogens is 461 g/mol. The molecule has 0 aliphatic carbocycles. The molecule has 0 radical (unpaired) electrons. The van der Waals surface area contributed by atoms with Gasteiger partial charge >= 0.3 is 25.9 Å². The molecule has 28 heavy (non-hydrogen) atoms. The predicted molar refractivity (Wildman–Crippen MR) is 130 cm³/mol. The van der Waals surface area contributed by atoms with Crippen LogP contribution in [0.4, 0.5) is 0 Å². The van der Waals surface area contributed by atoms with Crippen LogP contribution in [0.1, 0.15) is 0 Å². The predicted octanol–water partition coefficient (Wildman–Crippen LogP) is 4.22. The van der Waals surface area contributed by atoms with Gasteiger partial charge in [0, 0.05) is 27.4 Å². The molecule has 0 aliphatic heterocycles. The van der Waals surface area contributed by atoms with E-state index in [1.165, 1.54) is 0 Å². The van der Waals surface area contributed by atoms with Crippen molar-refractivity contribution in [3.8, 4) is 0 Å². The van der Waals surface area contributed by atoms with Gasteiger partial charge in [-0.05, 0) is 71.5 Å². The number of hydrogen-bond acceptors (Lipinski definition) is 7. The van der Waals surface area contributed by atoms with E-state index in [0.29, 0.717) is 6.04 Å². The summed E-state index contributed by atoms with van der Waals surface area (Å²) < 4.78 is 42.7. The fourth-order valence-corrected chi connectivity index (χ4v) is 26.5. The largest absolute Gasteiger partial charge is 0.500 e. The molecule has 0 saturated heterocycles. The Bertz CT molecular complexity index is 457. The summed E-state index contributed by atoms with van der Waals surface area (Å²) >= 11 is 0. The third-order valence-corrected chi connectivity index (χ3v) is 23.8.